The lowest BCUT2D eigenvalue weighted by Crippen LogP contribution is -1.99. The van der Waals surface area contributed by atoms with Crippen LogP contribution in [0.3, 0.4) is 0 Å². The van der Waals surface area contributed by atoms with E-state index in [1.54, 1.807) is 0 Å². The third kappa shape index (κ3) is 1.72. The normalized spacial score (nSPS) is 10.8. The first-order valence-corrected chi connectivity index (χ1v) is 4.02. The summed E-state index contributed by atoms with van der Waals surface area (Å²) in [6.45, 7) is 1.50. The fourth-order valence-corrected chi connectivity index (χ4v) is 1.62. The molecule has 0 aliphatic carbocycles. The molecule has 12 heavy (non-hydrogen) atoms. The van der Waals surface area contributed by atoms with Crippen molar-refractivity contribution in [1.29, 1.82) is 0 Å². The molecule has 1 aromatic rings. The summed E-state index contributed by atoms with van der Waals surface area (Å²) in [7, 11) is 0. The van der Waals surface area contributed by atoms with Gasteiger partial charge in [0.05, 0.1) is 5.56 Å². The van der Waals surface area contributed by atoms with E-state index in [4.69, 9.17) is 5.73 Å². The van der Waals surface area contributed by atoms with Gasteiger partial charge >= 0.3 is 0 Å². The highest BCUT2D eigenvalue weighted by atomic mass is 79.9. The highest BCUT2D eigenvalue weighted by Crippen LogP contribution is 2.30. The van der Waals surface area contributed by atoms with Crippen LogP contribution in [0.2, 0.25) is 0 Å². The molecule has 1 aromatic heterocycles. The molecule has 0 atom stereocenters. The molecule has 0 aliphatic rings. The topological polar surface area (TPSA) is 38.9 Å². The molecule has 5 heteroatoms. The van der Waals surface area contributed by atoms with Gasteiger partial charge in [0.15, 0.2) is 0 Å². The van der Waals surface area contributed by atoms with Gasteiger partial charge in [0.1, 0.15) is 5.82 Å². The summed E-state index contributed by atoms with van der Waals surface area (Å²) in [5.74, 6) is 0.240. The molecule has 66 valence electrons. The second-order valence-corrected chi connectivity index (χ2v) is 3.18. The van der Waals surface area contributed by atoms with Crippen LogP contribution < -0.4 is 5.73 Å². The van der Waals surface area contributed by atoms with Gasteiger partial charge in [-0.15, -0.1) is 0 Å². The number of anilines is 1. The van der Waals surface area contributed by atoms with Crippen LogP contribution in [0.1, 0.15) is 17.7 Å². The Morgan fingerprint density at radius 2 is 2.17 bits per heavy atom. The maximum atomic E-state index is 12.3. The van der Waals surface area contributed by atoms with E-state index in [1.807, 2.05) is 0 Å². The van der Waals surface area contributed by atoms with Gasteiger partial charge in [0, 0.05) is 10.2 Å². The molecular weight excluding hydrogens is 230 g/mol. The van der Waals surface area contributed by atoms with Gasteiger partial charge in [-0.2, -0.15) is 0 Å². The highest BCUT2D eigenvalue weighted by Gasteiger charge is 2.15. The number of nitrogens with two attached hydrogens (primary N) is 1. The zero-order chi connectivity index (χ0) is 9.30. The summed E-state index contributed by atoms with van der Waals surface area (Å²) in [6.07, 6.45) is -2.52. The van der Waals surface area contributed by atoms with Gasteiger partial charge < -0.3 is 5.73 Å². The van der Waals surface area contributed by atoms with E-state index in [-0.39, 0.29) is 17.1 Å². The fourth-order valence-electron chi connectivity index (χ4n) is 0.929. The van der Waals surface area contributed by atoms with Crippen LogP contribution in [0.4, 0.5) is 14.6 Å². The molecule has 0 unspecified atom stereocenters. The van der Waals surface area contributed by atoms with Crippen molar-refractivity contribution in [3.63, 3.8) is 0 Å². The maximum Gasteiger partial charge on any atom is 0.266 e. The molecule has 0 fully saturated rings. The van der Waals surface area contributed by atoms with Gasteiger partial charge in [-0.3, -0.25) is 0 Å². The first-order valence-electron chi connectivity index (χ1n) is 3.23. The lowest BCUT2D eigenvalue weighted by atomic mass is 10.2. The Labute approximate surface area is 76.9 Å². The Hall–Kier alpha value is -0.710. The third-order valence-corrected chi connectivity index (χ3v) is 2.09. The number of alkyl halides is 2. The van der Waals surface area contributed by atoms with E-state index in [9.17, 15) is 8.78 Å². The summed E-state index contributed by atoms with van der Waals surface area (Å²) in [5, 5.41) is 0. The number of rotatable bonds is 1. The summed E-state index contributed by atoms with van der Waals surface area (Å²) in [6, 6.07) is 1.37. The van der Waals surface area contributed by atoms with Gasteiger partial charge in [-0.1, -0.05) is 15.9 Å². The molecule has 0 amide bonds. The Morgan fingerprint density at radius 1 is 1.58 bits per heavy atom. The molecule has 1 rings (SSSR count). The van der Waals surface area contributed by atoms with Crippen LogP contribution in [0.25, 0.3) is 0 Å². The van der Waals surface area contributed by atoms with Crippen LogP contribution >= 0.6 is 15.9 Å². The number of aryl methyl sites for hydroxylation is 1. The average molecular weight is 237 g/mol. The predicted octanol–water partition coefficient (Wildman–Crippen LogP) is 2.67. The zero-order valence-corrected chi connectivity index (χ0v) is 7.90. The van der Waals surface area contributed by atoms with Crippen LogP contribution in [0.15, 0.2) is 10.5 Å². The maximum absolute atomic E-state index is 12.3. The Morgan fingerprint density at radius 3 is 2.58 bits per heavy atom. The van der Waals surface area contributed by atoms with Crippen LogP contribution in [0, 0.1) is 6.92 Å². The summed E-state index contributed by atoms with van der Waals surface area (Å²) in [4.78, 5) is 3.72. The quantitative estimate of drug-likeness (QED) is 0.815. The average Bonchev–Trinajstić information content (AvgIpc) is 1.82. The number of hydrogen-bond donors (Lipinski definition) is 1. The van der Waals surface area contributed by atoms with Crippen molar-refractivity contribution in [2.24, 2.45) is 0 Å². The molecule has 2 nitrogen and oxygen atoms in total. The monoisotopic (exact) mass is 236 g/mol. The van der Waals surface area contributed by atoms with Gasteiger partial charge in [0.2, 0.25) is 0 Å². The Kier molecular flexibility index (Phi) is 2.62. The van der Waals surface area contributed by atoms with Crippen molar-refractivity contribution >= 4 is 21.7 Å². The van der Waals surface area contributed by atoms with Crippen molar-refractivity contribution in [1.82, 2.24) is 4.98 Å². The van der Waals surface area contributed by atoms with Crippen LogP contribution in [-0.4, -0.2) is 4.98 Å². The molecular formula is C7H7BrF2N2. The molecule has 0 radical (unpaired) electrons. The molecule has 0 saturated carbocycles. The Bertz CT molecular complexity index is 278. The van der Waals surface area contributed by atoms with E-state index in [1.165, 1.54) is 13.0 Å². The molecule has 0 spiro atoms. The number of hydrogen-bond acceptors (Lipinski definition) is 2. The molecule has 0 aromatic carbocycles. The van der Waals surface area contributed by atoms with Crippen molar-refractivity contribution in [2.75, 3.05) is 5.73 Å². The zero-order valence-electron chi connectivity index (χ0n) is 6.31. The standard InChI is InChI=1S/C7H7BrF2N2/c1-3-6(7(9)10)4(8)2-5(11)12-3/h2,7H,1H3,(H2,11,12). The van der Waals surface area contributed by atoms with Crippen molar-refractivity contribution in [2.45, 2.75) is 13.3 Å². The highest BCUT2D eigenvalue weighted by molar-refractivity contribution is 9.10. The summed E-state index contributed by atoms with van der Waals surface area (Å²) >= 11 is 3.00. The van der Waals surface area contributed by atoms with Gasteiger partial charge in [-0.05, 0) is 13.0 Å². The smallest absolute Gasteiger partial charge is 0.266 e. The molecule has 0 saturated heterocycles. The minimum Gasteiger partial charge on any atom is -0.384 e. The summed E-state index contributed by atoms with van der Waals surface area (Å²) < 4.78 is 24.9. The van der Waals surface area contributed by atoms with E-state index in [0.717, 1.165) is 0 Å². The largest absolute Gasteiger partial charge is 0.384 e. The predicted molar refractivity (Wildman–Crippen MR) is 46.0 cm³/mol. The minimum atomic E-state index is -2.52. The van der Waals surface area contributed by atoms with E-state index >= 15 is 0 Å². The van der Waals surface area contributed by atoms with Crippen molar-refractivity contribution in [3.8, 4) is 0 Å². The fraction of sp³-hybridized carbons (Fsp3) is 0.286. The second kappa shape index (κ2) is 3.35. The van der Waals surface area contributed by atoms with Crippen LogP contribution in [0.5, 0.6) is 0 Å². The van der Waals surface area contributed by atoms with Gasteiger partial charge in [0.25, 0.3) is 6.43 Å². The molecule has 1 heterocycles. The minimum absolute atomic E-state index is 0.0933. The second-order valence-electron chi connectivity index (χ2n) is 2.33. The molecule has 0 bridgehead atoms. The third-order valence-electron chi connectivity index (χ3n) is 1.44. The Balaban J connectivity index is 3.28. The number of nitrogens with zero attached hydrogens (tertiary/aromatic N) is 1. The van der Waals surface area contributed by atoms with Gasteiger partial charge in [-0.25, -0.2) is 13.8 Å². The van der Waals surface area contributed by atoms with Crippen molar-refractivity contribution in [3.05, 3.63) is 21.8 Å². The molecule has 2 N–H and O–H groups in total. The SMILES string of the molecule is Cc1nc(N)cc(Br)c1C(F)F. The van der Waals surface area contributed by atoms with E-state index in [0.29, 0.717) is 4.47 Å². The first kappa shape index (κ1) is 9.38. The number of halogens is 3. The van der Waals surface area contributed by atoms with Crippen molar-refractivity contribution < 1.29 is 8.78 Å². The first-order chi connectivity index (χ1) is 5.52. The lowest BCUT2D eigenvalue weighted by molar-refractivity contribution is 0.149. The lowest BCUT2D eigenvalue weighted by Gasteiger charge is -2.06. The van der Waals surface area contributed by atoms with E-state index in [2.05, 4.69) is 20.9 Å². The van der Waals surface area contributed by atoms with Crippen LogP contribution in [-0.2, 0) is 0 Å². The number of pyridine rings is 1. The molecule has 0 aliphatic heterocycles. The van der Waals surface area contributed by atoms with E-state index < -0.39 is 6.43 Å². The number of aromatic nitrogens is 1. The summed E-state index contributed by atoms with van der Waals surface area (Å²) in [5.41, 5.74) is 5.51. The number of nitrogen functional groups attached to an aromatic ring is 1.